The van der Waals surface area contributed by atoms with Crippen molar-refractivity contribution in [3.05, 3.63) is 42.0 Å². The fraction of sp³-hybridized carbons (Fsp3) is 0.560. The van der Waals surface area contributed by atoms with Gasteiger partial charge < -0.3 is 14.2 Å². The molecule has 0 heterocycles. The average Bonchev–Trinajstić information content (AvgIpc) is 2.76. The predicted molar refractivity (Wildman–Crippen MR) is 118 cm³/mol. The number of hydrogen-bond acceptors (Lipinski definition) is 4. The minimum Gasteiger partial charge on any atom is -0.493 e. The van der Waals surface area contributed by atoms with Gasteiger partial charge in [-0.15, -0.1) is 0 Å². The van der Waals surface area contributed by atoms with Gasteiger partial charge in [-0.3, -0.25) is 4.79 Å². The van der Waals surface area contributed by atoms with Crippen LogP contribution in [0.4, 0.5) is 0 Å². The van der Waals surface area contributed by atoms with Gasteiger partial charge in [0.2, 0.25) is 5.75 Å². The molecule has 4 nitrogen and oxygen atoms in total. The maximum Gasteiger partial charge on any atom is 0.203 e. The normalized spacial score (nSPS) is 21.2. The fourth-order valence-corrected chi connectivity index (χ4v) is 4.40. The monoisotopic (exact) mass is 400 g/mol. The van der Waals surface area contributed by atoms with Crippen LogP contribution in [0.2, 0.25) is 0 Å². The summed E-state index contributed by atoms with van der Waals surface area (Å²) in [6, 6.07) is 3.56. The molecule has 1 saturated carbocycles. The lowest BCUT2D eigenvalue weighted by molar-refractivity contribution is 0.0897. The lowest BCUT2D eigenvalue weighted by Gasteiger charge is -2.24. The molecule has 29 heavy (non-hydrogen) atoms. The summed E-state index contributed by atoms with van der Waals surface area (Å²) in [5.74, 6) is 2.24. The van der Waals surface area contributed by atoms with Gasteiger partial charge in [-0.25, -0.2) is 0 Å². The number of carbonyl (C=O) groups excluding carboxylic acids is 1. The first kappa shape index (κ1) is 23.1. The second-order valence-electron chi connectivity index (χ2n) is 7.73. The first-order valence-corrected chi connectivity index (χ1v) is 10.7. The van der Waals surface area contributed by atoms with Crippen molar-refractivity contribution in [2.75, 3.05) is 21.3 Å². The number of allylic oxidation sites excluding steroid dienone is 3. The van der Waals surface area contributed by atoms with Gasteiger partial charge in [-0.1, -0.05) is 44.4 Å². The first-order chi connectivity index (χ1) is 14.1. The van der Waals surface area contributed by atoms with Gasteiger partial charge in [0.15, 0.2) is 17.3 Å². The van der Waals surface area contributed by atoms with E-state index in [-0.39, 0.29) is 11.7 Å². The number of rotatable bonds is 7. The number of ketones is 1. The Bertz CT molecular complexity index is 695. The van der Waals surface area contributed by atoms with E-state index in [1.807, 2.05) is 6.08 Å². The number of carbonyl (C=O) groups is 1. The summed E-state index contributed by atoms with van der Waals surface area (Å²) in [5.41, 5.74) is 1.94. The maximum atomic E-state index is 13.4. The van der Waals surface area contributed by atoms with Crippen LogP contribution in [0.5, 0.6) is 17.2 Å². The van der Waals surface area contributed by atoms with Crippen LogP contribution in [0.25, 0.3) is 0 Å². The van der Waals surface area contributed by atoms with E-state index in [4.69, 9.17) is 14.2 Å². The minimum atomic E-state index is 0.0151. The highest BCUT2D eigenvalue weighted by Gasteiger charge is 2.25. The van der Waals surface area contributed by atoms with Crippen LogP contribution in [0, 0.1) is 11.8 Å². The molecule has 1 aromatic rings. The number of Topliss-reactive ketones (excluding diaryl/α,β-unsaturated/α-hetero) is 1. The van der Waals surface area contributed by atoms with Crippen molar-refractivity contribution in [2.24, 2.45) is 11.8 Å². The molecule has 0 saturated heterocycles. The molecular formula is C25H36O4. The van der Waals surface area contributed by atoms with Gasteiger partial charge in [0.1, 0.15) is 0 Å². The zero-order chi connectivity index (χ0) is 21.2. The summed E-state index contributed by atoms with van der Waals surface area (Å²) < 4.78 is 16.3. The van der Waals surface area contributed by atoms with Crippen molar-refractivity contribution in [2.45, 2.75) is 58.3 Å². The molecule has 1 aromatic carbocycles. The lowest BCUT2D eigenvalue weighted by Crippen LogP contribution is -2.18. The summed E-state index contributed by atoms with van der Waals surface area (Å²) in [7, 11) is 4.72. The molecule has 0 N–H and O–H groups in total. The van der Waals surface area contributed by atoms with Gasteiger partial charge in [0.25, 0.3) is 0 Å². The van der Waals surface area contributed by atoms with Crippen LogP contribution in [0.1, 0.15) is 68.6 Å². The zero-order valence-electron chi connectivity index (χ0n) is 18.5. The Hall–Kier alpha value is -2.23. The number of benzene rings is 1. The van der Waals surface area contributed by atoms with Crippen molar-refractivity contribution >= 4 is 5.78 Å². The van der Waals surface area contributed by atoms with Crippen molar-refractivity contribution in [1.29, 1.82) is 0 Å². The summed E-state index contributed by atoms with van der Waals surface area (Å²) >= 11 is 0. The molecule has 160 valence electrons. The van der Waals surface area contributed by atoms with Crippen LogP contribution in [0.3, 0.4) is 0 Å². The fourth-order valence-electron chi connectivity index (χ4n) is 4.40. The topological polar surface area (TPSA) is 44.8 Å². The Morgan fingerprint density at radius 2 is 1.45 bits per heavy atom. The SMILES string of the molecule is C=C/C(=C\C)C1CCCCCCC(C(=O)c2cc(OC)c(OC)c(OC)c2)CC1. The molecule has 0 spiro atoms. The van der Waals surface area contributed by atoms with E-state index in [0.717, 1.165) is 25.7 Å². The second-order valence-corrected chi connectivity index (χ2v) is 7.73. The average molecular weight is 401 g/mol. The van der Waals surface area contributed by atoms with Crippen LogP contribution < -0.4 is 14.2 Å². The molecule has 1 aliphatic carbocycles. The highest BCUT2D eigenvalue weighted by atomic mass is 16.5. The third-order valence-electron chi connectivity index (χ3n) is 6.08. The van der Waals surface area contributed by atoms with Crippen LogP contribution in [0.15, 0.2) is 36.4 Å². The Balaban J connectivity index is 2.27. The minimum absolute atomic E-state index is 0.0151. The standard InChI is InChI=1S/C25H36O4/c1-6-18(7-2)19-12-10-8-9-11-13-20(15-14-19)24(26)21-16-22(27-3)25(29-5)23(17-21)28-4/h6-7,16-17,19-20H,1,8-15H2,2-5H3/b18-7+. The molecule has 0 aliphatic heterocycles. The van der Waals surface area contributed by atoms with Crippen LogP contribution in [-0.4, -0.2) is 27.1 Å². The molecule has 2 atom stereocenters. The molecule has 4 heteroatoms. The van der Waals surface area contributed by atoms with Gasteiger partial charge in [-0.05, 0) is 56.2 Å². The molecule has 0 bridgehead atoms. The molecule has 1 aliphatic rings. The Labute approximate surface area is 175 Å². The molecule has 0 amide bonds. The van der Waals surface area contributed by atoms with Gasteiger partial charge >= 0.3 is 0 Å². The third-order valence-corrected chi connectivity index (χ3v) is 6.08. The Morgan fingerprint density at radius 3 is 1.93 bits per heavy atom. The predicted octanol–water partition coefficient (Wildman–Crippen LogP) is 6.39. The van der Waals surface area contributed by atoms with E-state index < -0.39 is 0 Å². The van der Waals surface area contributed by atoms with Gasteiger partial charge in [0, 0.05) is 11.5 Å². The maximum absolute atomic E-state index is 13.4. The molecule has 2 rings (SSSR count). The molecule has 1 fully saturated rings. The van der Waals surface area contributed by atoms with Crippen molar-refractivity contribution in [3.8, 4) is 17.2 Å². The smallest absolute Gasteiger partial charge is 0.203 e. The summed E-state index contributed by atoms with van der Waals surface area (Å²) in [6.45, 7) is 6.06. The number of methoxy groups -OCH3 is 3. The third kappa shape index (κ3) is 5.88. The largest absolute Gasteiger partial charge is 0.493 e. The zero-order valence-corrected chi connectivity index (χ0v) is 18.5. The van der Waals surface area contributed by atoms with Crippen molar-refractivity contribution in [3.63, 3.8) is 0 Å². The van der Waals surface area contributed by atoms with E-state index in [1.165, 1.54) is 31.3 Å². The second kappa shape index (κ2) is 11.7. The summed E-state index contributed by atoms with van der Waals surface area (Å²) in [5, 5.41) is 0. The van der Waals surface area contributed by atoms with Crippen molar-refractivity contribution < 1.29 is 19.0 Å². The van der Waals surface area contributed by atoms with E-state index >= 15 is 0 Å². The summed E-state index contributed by atoms with van der Waals surface area (Å²) in [4.78, 5) is 13.4. The van der Waals surface area contributed by atoms with E-state index in [2.05, 4.69) is 19.6 Å². The van der Waals surface area contributed by atoms with Crippen LogP contribution in [-0.2, 0) is 0 Å². The first-order valence-electron chi connectivity index (χ1n) is 10.7. The van der Waals surface area contributed by atoms with Crippen LogP contribution >= 0.6 is 0 Å². The number of ether oxygens (including phenoxy) is 3. The van der Waals surface area contributed by atoms with Gasteiger partial charge in [-0.2, -0.15) is 0 Å². The molecule has 2 unspecified atom stereocenters. The molecule has 0 radical (unpaired) electrons. The summed E-state index contributed by atoms with van der Waals surface area (Å²) in [6.07, 6.45) is 12.9. The quantitative estimate of drug-likeness (QED) is 0.393. The number of hydrogen-bond donors (Lipinski definition) is 0. The highest BCUT2D eigenvalue weighted by molar-refractivity contribution is 5.99. The lowest BCUT2D eigenvalue weighted by atomic mass is 9.81. The van der Waals surface area contributed by atoms with Gasteiger partial charge in [0.05, 0.1) is 21.3 Å². The van der Waals surface area contributed by atoms with E-state index in [9.17, 15) is 4.79 Å². The van der Waals surface area contributed by atoms with E-state index in [0.29, 0.717) is 28.7 Å². The highest BCUT2D eigenvalue weighted by Crippen LogP contribution is 2.39. The Morgan fingerprint density at radius 1 is 0.897 bits per heavy atom. The van der Waals surface area contributed by atoms with Crippen molar-refractivity contribution in [1.82, 2.24) is 0 Å². The molecular weight excluding hydrogens is 364 g/mol. The molecule has 0 aromatic heterocycles. The van der Waals surface area contributed by atoms with E-state index in [1.54, 1.807) is 33.5 Å². The Kier molecular flexibility index (Phi) is 9.30.